The number of rotatable bonds is 7. The van der Waals surface area contributed by atoms with Crippen molar-refractivity contribution in [1.82, 2.24) is 10.3 Å². The van der Waals surface area contributed by atoms with Gasteiger partial charge in [-0.2, -0.15) is 0 Å². The Morgan fingerprint density at radius 1 is 1.42 bits per heavy atom. The molecule has 108 valence electrons. The summed E-state index contributed by atoms with van der Waals surface area (Å²) < 4.78 is 5.17. The number of hydrogen-bond acceptors (Lipinski definition) is 4. The molecule has 1 aliphatic rings. The second-order valence-corrected chi connectivity index (χ2v) is 7.12. The number of hydrogen-bond donors (Lipinski definition) is 1. The van der Waals surface area contributed by atoms with Gasteiger partial charge in [-0.3, -0.25) is 0 Å². The Morgan fingerprint density at radius 3 is 2.63 bits per heavy atom. The lowest BCUT2D eigenvalue weighted by atomic mass is 9.76. The number of ether oxygens (including phenoxy) is 1. The van der Waals surface area contributed by atoms with E-state index in [9.17, 15) is 0 Å². The molecule has 1 aliphatic carbocycles. The molecule has 1 unspecified atom stereocenters. The summed E-state index contributed by atoms with van der Waals surface area (Å²) in [5.41, 5.74) is 1.18. The predicted octanol–water partition coefficient (Wildman–Crippen LogP) is 3.40. The molecule has 3 nitrogen and oxygen atoms in total. The molecule has 1 fully saturated rings. The topological polar surface area (TPSA) is 34.1 Å². The van der Waals surface area contributed by atoms with E-state index < -0.39 is 0 Å². The van der Waals surface area contributed by atoms with Crippen LogP contribution < -0.4 is 5.32 Å². The monoisotopic (exact) mass is 282 g/mol. The van der Waals surface area contributed by atoms with Crippen LogP contribution in [0.25, 0.3) is 0 Å². The van der Waals surface area contributed by atoms with E-state index in [2.05, 4.69) is 26.1 Å². The van der Waals surface area contributed by atoms with E-state index in [0.29, 0.717) is 0 Å². The summed E-state index contributed by atoms with van der Waals surface area (Å²) in [6.45, 7) is 8.21. The molecule has 0 saturated heterocycles. The maximum atomic E-state index is 5.17. The number of thiazole rings is 1. The Morgan fingerprint density at radius 2 is 2.16 bits per heavy atom. The van der Waals surface area contributed by atoms with Crippen LogP contribution >= 0.6 is 11.3 Å². The quantitative estimate of drug-likeness (QED) is 0.778. The highest BCUT2D eigenvalue weighted by molar-refractivity contribution is 7.11. The number of nitrogens with one attached hydrogen (secondary N) is 1. The highest BCUT2D eigenvalue weighted by Gasteiger charge is 2.34. The lowest BCUT2D eigenvalue weighted by molar-refractivity contribution is 0.164. The average molecular weight is 282 g/mol. The van der Waals surface area contributed by atoms with Gasteiger partial charge < -0.3 is 10.1 Å². The molecule has 0 amide bonds. The summed E-state index contributed by atoms with van der Waals surface area (Å²) in [6, 6.07) is 0. The standard InChI is InChI=1S/C15H26N2OS/c1-11-12(2)19-14(17-11)15(3,16-8-9-18-4)10-13-6-5-7-13/h13,16H,5-10H2,1-4H3. The summed E-state index contributed by atoms with van der Waals surface area (Å²) in [7, 11) is 1.75. The number of aryl methyl sites for hydroxylation is 2. The Balaban J connectivity index is 2.11. The van der Waals surface area contributed by atoms with Gasteiger partial charge in [-0.1, -0.05) is 19.3 Å². The Hall–Kier alpha value is -0.450. The summed E-state index contributed by atoms with van der Waals surface area (Å²) in [5, 5.41) is 4.92. The maximum Gasteiger partial charge on any atom is 0.113 e. The van der Waals surface area contributed by atoms with Crippen molar-refractivity contribution in [3.05, 3.63) is 15.6 Å². The Bertz CT molecular complexity index is 395. The molecule has 2 rings (SSSR count). The predicted molar refractivity (Wildman–Crippen MR) is 80.8 cm³/mol. The molecule has 4 heteroatoms. The van der Waals surface area contributed by atoms with Crippen molar-refractivity contribution in [3.63, 3.8) is 0 Å². The van der Waals surface area contributed by atoms with Gasteiger partial charge in [0.05, 0.1) is 17.8 Å². The van der Waals surface area contributed by atoms with Gasteiger partial charge in [0.1, 0.15) is 5.01 Å². The van der Waals surface area contributed by atoms with Crippen molar-refractivity contribution in [2.75, 3.05) is 20.3 Å². The van der Waals surface area contributed by atoms with Gasteiger partial charge >= 0.3 is 0 Å². The molecule has 0 aromatic carbocycles. The first-order valence-electron chi connectivity index (χ1n) is 7.23. The van der Waals surface area contributed by atoms with E-state index in [0.717, 1.165) is 19.1 Å². The minimum Gasteiger partial charge on any atom is -0.383 e. The average Bonchev–Trinajstić information content (AvgIpc) is 2.66. The number of aromatic nitrogens is 1. The van der Waals surface area contributed by atoms with Crippen molar-refractivity contribution in [2.45, 2.75) is 52.0 Å². The molecule has 0 aliphatic heterocycles. The van der Waals surface area contributed by atoms with Gasteiger partial charge in [0.2, 0.25) is 0 Å². The van der Waals surface area contributed by atoms with Crippen LogP contribution in [0.5, 0.6) is 0 Å². The summed E-state index contributed by atoms with van der Waals surface area (Å²) in [6.07, 6.45) is 5.35. The van der Waals surface area contributed by atoms with Gasteiger partial charge in [0.15, 0.2) is 0 Å². The fourth-order valence-electron chi connectivity index (χ4n) is 2.65. The van der Waals surface area contributed by atoms with Crippen LogP contribution in [0.3, 0.4) is 0 Å². The van der Waals surface area contributed by atoms with Crippen LogP contribution in [0.15, 0.2) is 0 Å². The lowest BCUT2D eigenvalue weighted by Gasteiger charge is -2.36. The summed E-state index contributed by atoms with van der Waals surface area (Å²) in [5.74, 6) is 0.865. The molecule has 0 radical (unpaired) electrons. The molecule has 0 spiro atoms. The van der Waals surface area contributed by atoms with Crippen LogP contribution in [0.1, 0.15) is 48.2 Å². The van der Waals surface area contributed by atoms with Crippen LogP contribution in [0.2, 0.25) is 0 Å². The second kappa shape index (κ2) is 6.33. The van der Waals surface area contributed by atoms with Crippen molar-refractivity contribution in [2.24, 2.45) is 5.92 Å². The Kier molecular flexibility index (Phi) is 4.98. The molecular weight excluding hydrogens is 256 g/mol. The van der Waals surface area contributed by atoms with Crippen molar-refractivity contribution < 1.29 is 4.74 Å². The molecule has 19 heavy (non-hydrogen) atoms. The van der Waals surface area contributed by atoms with Crippen molar-refractivity contribution in [3.8, 4) is 0 Å². The molecule has 1 aromatic rings. The van der Waals surface area contributed by atoms with E-state index in [1.165, 1.54) is 41.3 Å². The molecular formula is C15H26N2OS. The number of methoxy groups -OCH3 is 1. The first-order valence-corrected chi connectivity index (χ1v) is 8.05. The molecule has 1 N–H and O–H groups in total. The fourth-order valence-corrected chi connectivity index (χ4v) is 3.69. The van der Waals surface area contributed by atoms with Gasteiger partial charge in [0, 0.05) is 18.5 Å². The largest absolute Gasteiger partial charge is 0.383 e. The van der Waals surface area contributed by atoms with Crippen LogP contribution in [-0.4, -0.2) is 25.2 Å². The summed E-state index contributed by atoms with van der Waals surface area (Å²) >= 11 is 1.84. The molecule has 0 bridgehead atoms. The maximum absolute atomic E-state index is 5.17. The van der Waals surface area contributed by atoms with Gasteiger partial charge in [-0.05, 0) is 33.1 Å². The van der Waals surface area contributed by atoms with Crippen LogP contribution in [0.4, 0.5) is 0 Å². The van der Waals surface area contributed by atoms with Gasteiger partial charge in [0.25, 0.3) is 0 Å². The van der Waals surface area contributed by atoms with E-state index in [-0.39, 0.29) is 5.54 Å². The third kappa shape index (κ3) is 3.56. The highest BCUT2D eigenvalue weighted by atomic mass is 32.1. The molecule has 1 atom stereocenters. The molecule has 1 saturated carbocycles. The third-order valence-corrected chi connectivity index (χ3v) is 5.58. The zero-order chi connectivity index (χ0) is 13.9. The lowest BCUT2D eigenvalue weighted by Crippen LogP contribution is -2.43. The van der Waals surface area contributed by atoms with Gasteiger partial charge in [-0.25, -0.2) is 4.98 Å². The summed E-state index contributed by atoms with van der Waals surface area (Å²) in [4.78, 5) is 6.12. The smallest absolute Gasteiger partial charge is 0.113 e. The zero-order valence-electron chi connectivity index (χ0n) is 12.6. The minimum atomic E-state index is 0.00725. The van der Waals surface area contributed by atoms with Gasteiger partial charge in [-0.15, -0.1) is 11.3 Å². The van der Waals surface area contributed by atoms with Crippen LogP contribution in [-0.2, 0) is 10.3 Å². The first-order chi connectivity index (χ1) is 9.05. The van der Waals surface area contributed by atoms with E-state index >= 15 is 0 Å². The highest BCUT2D eigenvalue weighted by Crippen LogP contribution is 2.39. The van der Waals surface area contributed by atoms with Crippen molar-refractivity contribution >= 4 is 11.3 Å². The third-order valence-electron chi connectivity index (χ3n) is 4.24. The van der Waals surface area contributed by atoms with E-state index in [1.807, 2.05) is 11.3 Å². The van der Waals surface area contributed by atoms with Crippen LogP contribution in [0, 0.1) is 19.8 Å². The Labute approximate surface area is 120 Å². The first kappa shape index (κ1) is 14.9. The normalized spacial score (nSPS) is 19.2. The zero-order valence-corrected chi connectivity index (χ0v) is 13.4. The van der Waals surface area contributed by atoms with E-state index in [1.54, 1.807) is 7.11 Å². The van der Waals surface area contributed by atoms with Crippen molar-refractivity contribution in [1.29, 1.82) is 0 Å². The second-order valence-electron chi connectivity index (χ2n) is 5.91. The molecule has 1 aromatic heterocycles. The SMILES string of the molecule is COCCNC(C)(CC1CCC1)c1nc(C)c(C)s1. The minimum absolute atomic E-state index is 0.00725. The molecule has 1 heterocycles. The number of nitrogens with zero attached hydrogens (tertiary/aromatic N) is 1. The van der Waals surface area contributed by atoms with E-state index in [4.69, 9.17) is 9.72 Å². The fraction of sp³-hybridized carbons (Fsp3) is 0.800.